The molecule has 0 aliphatic heterocycles. The molecule has 0 saturated heterocycles. The first-order chi connectivity index (χ1) is 45.0. The minimum absolute atomic E-state index is 0.00438. The quantitative estimate of drug-likeness (QED) is 0.0272. The highest BCUT2D eigenvalue weighted by molar-refractivity contribution is 7.45. The van der Waals surface area contributed by atoms with Crippen molar-refractivity contribution in [2.24, 2.45) is 0 Å². The summed E-state index contributed by atoms with van der Waals surface area (Å²) in [4.78, 5) is 25.7. The number of nitrogens with one attached hydrogen (secondary N) is 1. The van der Waals surface area contributed by atoms with Crippen LogP contribution in [0, 0.1) is 0 Å². The molecule has 0 rings (SSSR count). The topological polar surface area (TPSA) is 108 Å². The Bertz CT molecular complexity index is 1640. The third-order valence-electron chi connectivity index (χ3n) is 19.0. The number of hydrogen-bond donors (Lipinski definition) is 2. The smallest absolute Gasteiger partial charge is 0.268 e. The van der Waals surface area contributed by atoms with Crippen molar-refractivity contribution in [3.8, 4) is 0 Å². The molecule has 0 aromatic rings. The number of rotatable bonds is 77. The molecule has 0 aromatic heterocycles. The minimum atomic E-state index is -4.61. The van der Waals surface area contributed by atoms with Gasteiger partial charge in [-0.3, -0.25) is 9.36 Å². The van der Waals surface area contributed by atoms with Gasteiger partial charge in [-0.1, -0.05) is 403 Å². The monoisotopic (exact) mass is 1310 g/mol. The van der Waals surface area contributed by atoms with Gasteiger partial charge in [0.05, 0.1) is 39.9 Å². The number of unbranched alkanes of at least 4 members (excludes halogenated alkanes) is 58. The second-order valence-corrected chi connectivity index (χ2v) is 30.9. The number of phosphoric acid groups is 1. The second-order valence-electron chi connectivity index (χ2n) is 29.5. The highest BCUT2D eigenvalue weighted by Gasteiger charge is 2.23. The van der Waals surface area contributed by atoms with Crippen LogP contribution in [0.15, 0.2) is 48.6 Å². The Kier molecular flexibility index (Phi) is 72.5. The number of carbonyl (C=O) groups excluding carboxylic acids is 1. The van der Waals surface area contributed by atoms with E-state index in [1.165, 1.54) is 360 Å². The standard InChI is InChI=1S/C83H161N2O6P/c1-6-8-10-12-14-16-18-20-22-24-26-28-30-32-34-36-37-38-39-40-41-42-43-44-45-46-47-49-51-53-55-57-59-61-63-65-67-69-71-73-75-77-83(87)84-81(80-91-92(88,89)90-79-78-85(3,4)5)82(86)76-74-72-70-68-66-64-62-60-58-56-54-52-50-48-35-33-31-29-27-25-23-21-19-17-15-13-11-9-7-2/h18,20,24,26,66,68,74,76,81-82,86H,6-17,19,21-23,25,27-65,67,69-73,75,77-80H2,1-5H3,(H-,84,87,88,89)/b20-18-,26-24-,68-66+,76-74+. The van der Waals surface area contributed by atoms with Gasteiger partial charge in [-0.25, -0.2) is 0 Å². The van der Waals surface area contributed by atoms with Crippen LogP contribution >= 0.6 is 7.82 Å². The van der Waals surface area contributed by atoms with E-state index < -0.39 is 20.0 Å². The summed E-state index contributed by atoms with van der Waals surface area (Å²) in [6.07, 6.45) is 102. The van der Waals surface area contributed by atoms with Crippen molar-refractivity contribution in [2.75, 3.05) is 40.9 Å². The summed E-state index contributed by atoms with van der Waals surface area (Å²) in [5.74, 6) is -0.198. The first kappa shape index (κ1) is 90.5. The van der Waals surface area contributed by atoms with Crippen molar-refractivity contribution >= 4 is 13.7 Å². The summed E-state index contributed by atoms with van der Waals surface area (Å²) in [5, 5.41) is 14.0. The van der Waals surface area contributed by atoms with Crippen molar-refractivity contribution < 1.29 is 32.9 Å². The Morgan fingerprint density at radius 1 is 0.380 bits per heavy atom. The maximum Gasteiger partial charge on any atom is 0.268 e. The summed E-state index contributed by atoms with van der Waals surface area (Å²) in [6.45, 7) is 4.68. The number of allylic oxidation sites excluding steroid dienone is 7. The summed E-state index contributed by atoms with van der Waals surface area (Å²) in [7, 11) is 1.26. The molecule has 544 valence electrons. The molecule has 2 N–H and O–H groups in total. The van der Waals surface area contributed by atoms with Gasteiger partial charge in [0.1, 0.15) is 13.2 Å². The summed E-state index contributed by atoms with van der Waals surface area (Å²) >= 11 is 0. The Balaban J connectivity index is 3.93. The van der Waals surface area contributed by atoms with Crippen molar-refractivity contribution in [3.05, 3.63) is 48.6 Å². The Hall–Kier alpha value is -1.54. The van der Waals surface area contributed by atoms with Gasteiger partial charge < -0.3 is 28.8 Å². The van der Waals surface area contributed by atoms with Crippen LogP contribution in [0.3, 0.4) is 0 Å². The molecule has 0 spiro atoms. The Morgan fingerprint density at radius 2 is 0.641 bits per heavy atom. The largest absolute Gasteiger partial charge is 0.756 e. The zero-order chi connectivity index (χ0) is 66.9. The molecule has 0 bridgehead atoms. The van der Waals surface area contributed by atoms with Crippen LogP contribution in [-0.4, -0.2) is 68.5 Å². The predicted octanol–water partition coefficient (Wildman–Crippen LogP) is 26.3. The van der Waals surface area contributed by atoms with E-state index >= 15 is 0 Å². The molecular formula is C83H161N2O6P. The van der Waals surface area contributed by atoms with Gasteiger partial charge in [0, 0.05) is 6.42 Å². The Labute approximate surface area is 575 Å². The van der Waals surface area contributed by atoms with E-state index in [0.717, 1.165) is 44.9 Å². The lowest BCUT2D eigenvalue weighted by molar-refractivity contribution is -0.870. The molecule has 0 aromatic carbocycles. The lowest BCUT2D eigenvalue weighted by Crippen LogP contribution is -2.45. The molecule has 0 aliphatic rings. The van der Waals surface area contributed by atoms with Crippen molar-refractivity contribution in [1.29, 1.82) is 0 Å². The number of quaternary nitrogens is 1. The lowest BCUT2D eigenvalue weighted by Gasteiger charge is -2.29. The SMILES string of the molecule is CCCCCCC/C=C\C/C=C\CCCCCCCCCCCCCCCCCCCCCCCCCCCCCCCC(=O)NC(COP(=O)([O-])OCC[N+](C)(C)C)C(O)/C=C/CC/C=C/CCCCCCCCCCCCCCCCCCCCCCCCC. The summed E-state index contributed by atoms with van der Waals surface area (Å²) in [6, 6.07) is -0.904. The molecule has 0 fully saturated rings. The molecule has 3 unspecified atom stereocenters. The average Bonchev–Trinajstić information content (AvgIpc) is 2.63. The van der Waals surface area contributed by atoms with Crippen LogP contribution in [0.2, 0.25) is 0 Å². The van der Waals surface area contributed by atoms with E-state index in [0.29, 0.717) is 17.4 Å². The van der Waals surface area contributed by atoms with E-state index in [2.05, 4.69) is 55.6 Å². The van der Waals surface area contributed by atoms with E-state index in [4.69, 9.17) is 9.05 Å². The fourth-order valence-electron chi connectivity index (χ4n) is 12.7. The van der Waals surface area contributed by atoms with Crippen LogP contribution < -0.4 is 10.2 Å². The molecule has 92 heavy (non-hydrogen) atoms. The van der Waals surface area contributed by atoms with Crippen LogP contribution in [0.5, 0.6) is 0 Å². The zero-order valence-corrected chi connectivity index (χ0v) is 63.4. The highest BCUT2D eigenvalue weighted by Crippen LogP contribution is 2.38. The molecule has 1 amide bonds. The molecule has 3 atom stereocenters. The van der Waals surface area contributed by atoms with Gasteiger partial charge in [0.25, 0.3) is 7.82 Å². The fourth-order valence-corrected chi connectivity index (χ4v) is 13.4. The van der Waals surface area contributed by atoms with Crippen LogP contribution in [0.1, 0.15) is 425 Å². The maximum atomic E-state index is 13.1. The third-order valence-corrected chi connectivity index (χ3v) is 20.0. The first-order valence-corrected chi connectivity index (χ1v) is 42.5. The average molecular weight is 1310 g/mol. The first-order valence-electron chi connectivity index (χ1n) is 41.0. The van der Waals surface area contributed by atoms with Gasteiger partial charge in [-0.15, -0.1) is 0 Å². The van der Waals surface area contributed by atoms with E-state index in [1.54, 1.807) is 6.08 Å². The van der Waals surface area contributed by atoms with Crippen molar-refractivity contribution in [2.45, 2.75) is 437 Å². The summed E-state index contributed by atoms with van der Waals surface area (Å²) in [5.41, 5.74) is 0. The number of nitrogens with zero attached hydrogens (tertiary/aromatic N) is 1. The van der Waals surface area contributed by atoms with Gasteiger partial charge in [-0.05, 0) is 64.2 Å². The molecule has 8 nitrogen and oxygen atoms in total. The number of amides is 1. The highest BCUT2D eigenvalue weighted by atomic mass is 31.2. The Morgan fingerprint density at radius 3 is 0.946 bits per heavy atom. The molecule has 0 saturated carbocycles. The van der Waals surface area contributed by atoms with Gasteiger partial charge in [-0.2, -0.15) is 0 Å². The number of aliphatic hydroxyl groups is 1. The number of hydrogen-bond acceptors (Lipinski definition) is 6. The summed E-state index contributed by atoms with van der Waals surface area (Å²) < 4.78 is 23.5. The molecule has 0 radical (unpaired) electrons. The van der Waals surface area contributed by atoms with Crippen LogP contribution in [0.4, 0.5) is 0 Å². The number of phosphoric ester groups is 1. The van der Waals surface area contributed by atoms with Crippen LogP contribution in [-0.2, 0) is 18.4 Å². The van der Waals surface area contributed by atoms with Gasteiger partial charge >= 0.3 is 0 Å². The third kappa shape index (κ3) is 75.8. The number of likely N-dealkylation sites (N-methyl/N-ethyl adjacent to an activating group) is 1. The number of aliphatic hydroxyl groups excluding tert-OH is 1. The van der Waals surface area contributed by atoms with Crippen molar-refractivity contribution in [3.63, 3.8) is 0 Å². The van der Waals surface area contributed by atoms with Gasteiger partial charge in [0.15, 0.2) is 0 Å². The van der Waals surface area contributed by atoms with Crippen molar-refractivity contribution in [1.82, 2.24) is 5.32 Å². The van der Waals surface area contributed by atoms with Gasteiger partial charge in [0.2, 0.25) is 5.91 Å². The minimum Gasteiger partial charge on any atom is -0.756 e. The number of carbonyl (C=O) groups is 1. The molecule has 0 aliphatic carbocycles. The molecule has 0 heterocycles. The van der Waals surface area contributed by atoms with E-state index in [1.807, 2.05) is 27.2 Å². The lowest BCUT2D eigenvalue weighted by atomic mass is 10.0. The predicted molar refractivity (Wildman–Crippen MR) is 404 cm³/mol. The van der Waals surface area contributed by atoms with E-state index in [9.17, 15) is 19.4 Å². The van der Waals surface area contributed by atoms with Crippen LogP contribution in [0.25, 0.3) is 0 Å². The molecular weight excluding hydrogens is 1150 g/mol. The second kappa shape index (κ2) is 73.7. The normalized spacial score (nSPS) is 13.7. The fraction of sp³-hybridized carbons (Fsp3) is 0.892. The maximum absolute atomic E-state index is 13.1. The zero-order valence-electron chi connectivity index (χ0n) is 62.5. The van der Waals surface area contributed by atoms with E-state index in [-0.39, 0.29) is 19.1 Å². The molecule has 9 heteroatoms.